The van der Waals surface area contributed by atoms with E-state index in [0.717, 1.165) is 45.9 Å². The van der Waals surface area contributed by atoms with Gasteiger partial charge in [-0.2, -0.15) is 0 Å². The Morgan fingerprint density at radius 1 is 1.10 bits per heavy atom. The third-order valence-electron chi connectivity index (χ3n) is 9.17. The standard InChI is InChI=1S/C34H40N4O4/c1-9-20-16(5)23-12-25-18(7)30(15(3)4)32(37-25)22(11-29(39)40)33-31(34(41)42)19(8)26(38-33)14-28-21(10-2)17(6)24(36-28)13-27(20)35-23/h9,12-15,18,28,30,35-36,38H,1,10-11H2,2-8H3,(H,39,40)(H,41,42)/b24-13-,25-12-,26-14-,33-22-. The van der Waals surface area contributed by atoms with Gasteiger partial charge in [0.2, 0.25) is 0 Å². The number of nitrogens with one attached hydrogen (secondary N) is 3. The largest absolute Gasteiger partial charge is 0.481 e. The second-order valence-corrected chi connectivity index (χ2v) is 11.9. The van der Waals surface area contributed by atoms with E-state index in [1.807, 2.05) is 18.2 Å². The molecule has 2 aromatic rings. The van der Waals surface area contributed by atoms with Gasteiger partial charge in [-0.15, -0.1) is 0 Å². The summed E-state index contributed by atoms with van der Waals surface area (Å²) in [6.45, 7) is 18.4. The Balaban J connectivity index is 1.96. The van der Waals surface area contributed by atoms with E-state index >= 15 is 0 Å². The number of carboxylic acid groups (broad SMARTS) is 2. The average Bonchev–Trinajstić information content (AvgIpc) is 3.60. The van der Waals surface area contributed by atoms with Crippen LogP contribution in [0.2, 0.25) is 0 Å². The minimum absolute atomic E-state index is 0.0125. The number of fused-ring (bicyclic) bond motifs is 7. The van der Waals surface area contributed by atoms with Crippen LogP contribution in [0.25, 0.3) is 29.9 Å². The van der Waals surface area contributed by atoms with Crippen LogP contribution in [0.4, 0.5) is 0 Å². The molecule has 0 aromatic carbocycles. The summed E-state index contributed by atoms with van der Waals surface area (Å²) in [7, 11) is 0. The highest BCUT2D eigenvalue weighted by Crippen LogP contribution is 2.40. The first-order chi connectivity index (χ1) is 19.9. The van der Waals surface area contributed by atoms with E-state index in [-0.39, 0.29) is 35.8 Å². The highest BCUT2D eigenvalue weighted by molar-refractivity contribution is 6.24. The summed E-state index contributed by atoms with van der Waals surface area (Å²) >= 11 is 0. The van der Waals surface area contributed by atoms with Gasteiger partial charge in [-0.3, -0.25) is 9.79 Å². The molecule has 0 saturated heterocycles. The van der Waals surface area contributed by atoms with Crippen LogP contribution in [0.15, 0.2) is 34.1 Å². The Morgan fingerprint density at radius 3 is 2.40 bits per heavy atom. The summed E-state index contributed by atoms with van der Waals surface area (Å²) in [5, 5.41) is 25.0. The molecule has 42 heavy (non-hydrogen) atoms. The third-order valence-corrected chi connectivity index (χ3v) is 9.17. The lowest BCUT2D eigenvalue weighted by Gasteiger charge is -2.23. The van der Waals surface area contributed by atoms with E-state index in [1.54, 1.807) is 6.92 Å². The molecule has 0 amide bonds. The number of aromatic carboxylic acids is 1. The molecule has 5 N–H and O–H groups in total. The number of aromatic amines is 2. The lowest BCUT2D eigenvalue weighted by atomic mass is 9.78. The number of aromatic nitrogens is 2. The first-order valence-corrected chi connectivity index (χ1v) is 14.6. The highest BCUT2D eigenvalue weighted by Gasteiger charge is 2.38. The molecule has 3 aliphatic heterocycles. The second kappa shape index (κ2) is 10.8. The molecule has 0 aliphatic carbocycles. The topological polar surface area (TPSA) is 131 Å². The van der Waals surface area contributed by atoms with Crippen LogP contribution < -0.4 is 16.0 Å². The van der Waals surface area contributed by atoms with E-state index in [4.69, 9.17) is 4.99 Å². The molecule has 0 radical (unpaired) electrons. The summed E-state index contributed by atoms with van der Waals surface area (Å²) < 4.78 is 0. The van der Waals surface area contributed by atoms with E-state index in [1.165, 1.54) is 5.57 Å². The molecular formula is C34H40N4O4. The number of aliphatic carboxylic acids is 1. The van der Waals surface area contributed by atoms with Crippen molar-refractivity contribution < 1.29 is 19.8 Å². The predicted octanol–water partition coefficient (Wildman–Crippen LogP) is 5.16. The summed E-state index contributed by atoms with van der Waals surface area (Å²) in [6.07, 6.45) is 8.52. The van der Waals surface area contributed by atoms with Crippen molar-refractivity contribution in [3.63, 3.8) is 0 Å². The molecule has 3 atom stereocenters. The van der Waals surface area contributed by atoms with Gasteiger partial charge < -0.3 is 25.5 Å². The van der Waals surface area contributed by atoms with Crippen molar-refractivity contribution in [3.8, 4) is 0 Å². The van der Waals surface area contributed by atoms with Crippen molar-refractivity contribution >= 4 is 47.5 Å². The number of allylic oxidation sites excluding steroid dienone is 2. The average molecular weight is 569 g/mol. The van der Waals surface area contributed by atoms with E-state index < -0.39 is 11.9 Å². The van der Waals surface area contributed by atoms with Gasteiger partial charge in [0.15, 0.2) is 0 Å². The monoisotopic (exact) mass is 568 g/mol. The lowest BCUT2D eigenvalue weighted by molar-refractivity contribution is -0.135. The van der Waals surface area contributed by atoms with Gasteiger partial charge in [0.05, 0.1) is 29.1 Å². The van der Waals surface area contributed by atoms with Crippen molar-refractivity contribution in [1.29, 1.82) is 0 Å². The van der Waals surface area contributed by atoms with Crippen LogP contribution in [-0.2, 0) is 4.79 Å². The molecule has 0 saturated carbocycles. The zero-order valence-electron chi connectivity index (χ0n) is 25.4. The number of hydrogen-bond donors (Lipinski definition) is 5. The van der Waals surface area contributed by atoms with Crippen molar-refractivity contribution in [2.24, 2.45) is 22.7 Å². The van der Waals surface area contributed by atoms with Gasteiger partial charge in [-0.1, -0.05) is 40.3 Å². The van der Waals surface area contributed by atoms with E-state index in [0.29, 0.717) is 27.5 Å². The highest BCUT2D eigenvalue weighted by atomic mass is 16.4. The molecule has 5 heterocycles. The van der Waals surface area contributed by atoms with Crippen molar-refractivity contribution in [1.82, 2.24) is 15.3 Å². The van der Waals surface area contributed by atoms with Gasteiger partial charge >= 0.3 is 11.9 Å². The summed E-state index contributed by atoms with van der Waals surface area (Å²) in [6, 6.07) is -0.162. The first-order valence-electron chi connectivity index (χ1n) is 14.6. The maximum absolute atomic E-state index is 12.7. The fourth-order valence-corrected chi connectivity index (χ4v) is 6.97. The number of carbonyl (C=O) groups is 2. The summed E-state index contributed by atoms with van der Waals surface area (Å²) in [5.41, 5.74) is 9.80. The Kier molecular flexibility index (Phi) is 7.51. The van der Waals surface area contributed by atoms with Gasteiger partial charge in [0.25, 0.3) is 0 Å². The lowest BCUT2D eigenvalue weighted by Crippen LogP contribution is -2.30. The van der Waals surface area contributed by atoms with Crippen molar-refractivity contribution in [2.45, 2.75) is 67.3 Å². The number of hydrogen-bond acceptors (Lipinski definition) is 4. The van der Waals surface area contributed by atoms with Crippen molar-refractivity contribution in [3.05, 3.63) is 73.5 Å². The Bertz CT molecular complexity index is 1770. The Hall–Kier alpha value is -4.33. The smallest absolute Gasteiger partial charge is 0.338 e. The quantitative estimate of drug-likeness (QED) is 0.329. The Labute approximate surface area is 246 Å². The van der Waals surface area contributed by atoms with E-state index in [2.05, 4.69) is 69.5 Å². The summed E-state index contributed by atoms with van der Waals surface area (Å²) in [5.74, 6) is -2.11. The molecule has 2 aromatic heterocycles. The maximum Gasteiger partial charge on any atom is 0.338 e. The molecule has 8 heteroatoms. The second-order valence-electron chi connectivity index (χ2n) is 11.9. The van der Waals surface area contributed by atoms with Gasteiger partial charge in [0.1, 0.15) is 0 Å². The molecule has 5 rings (SSSR count). The van der Waals surface area contributed by atoms with Crippen LogP contribution in [0.5, 0.6) is 0 Å². The molecule has 220 valence electrons. The van der Waals surface area contributed by atoms with Crippen LogP contribution in [0.3, 0.4) is 0 Å². The van der Waals surface area contributed by atoms with Gasteiger partial charge in [0, 0.05) is 51.1 Å². The maximum atomic E-state index is 12.7. The van der Waals surface area contributed by atoms with Crippen LogP contribution in [0, 0.1) is 31.6 Å². The summed E-state index contributed by atoms with van der Waals surface area (Å²) in [4.78, 5) is 37.0. The third kappa shape index (κ3) is 4.68. The van der Waals surface area contributed by atoms with Crippen LogP contribution in [0.1, 0.15) is 85.9 Å². The zero-order valence-corrected chi connectivity index (χ0v) is 25.4. The minimum atomic E-state index is -1.10. The van der Waals surface area contributed by atoms with Gasteiger partial charge in [-0.25, -0.2) is 4.79 Å². The number of carboxylic acids is 2. The van der Waals surface area contributed by atoms with Gasteiger partial charge in [-0.05, 0) is 73.6 Å². The first kappa shape index (κ1) is 29.2. The zero-order chi connectivity index (χ0) is 30.6. The predicted molar refractivity (Wildman–Crippen MR) is 168 cm³/mol. The van der Waals surface area contributed by atoms with Crippen LogP contribution >= 0.6 is 0 Å². The normalized spacial score (nSPS) is 26.1. The Morgan fingerprint density at radius 2 is 1.81 bits per heavy atom. The molecular weight excluding hydrogens is 528 g/mol. The van der Waals surface area contributed by atoms with Crippen LogP contribution in [-0.4, -0.2) is 43.9 Å². The molecule has 3 unspecified atom stereocenters. The fraction of sp³-hybridized carbons (Fsp3) is 0.382. The molecule has 8 bridgehead atoms. The number of aliphatic imine (C=N–C) groups is 1. The molecule has 8 nitrogen and oxygen atoms in total. The number of rotatable bonds is 6. The minimum Gasteiger partial charge on any atom is -0.481 e. The SMILES string of the molecule is C=Cc1c2[nH]c(c1C)/C=C1N=C(/C(CC(=O)O)=c3\[nH]/c(c(C)c3C(=O)O)=C\C3N/C(=C\2)C(C)=C3CC)C(C(C)C)C\1C. The molecule has 0 spiro atoms. The fourth-order valence-electron chi connectivity index (χ4n) is 6.97. The number of nitrogens with zero attached hydrogens (tertiary/aromatic N) is 1. The molecule has 3 aliphatic rings. The van der Waals surface area contributed by atoms with E-state index in [9.17, 15) is 19.8 Å². The number of H-pyrrole nitrogens is 2. The molecule has 0 fully saturated rings. The van der Waals surface area contributed by atoms with Crippen molar-refractivity contribution in [2.75, 3.05) is 0 Å².